The molecule has 0 amide bonds. The molecule has 7 heteroatoms. The molecule has 0 aromatic heterocycles. The number of hydrogen-bond acceptors (Lipinski definition) is 4. The molecule has 1 heterocycles. The van der Waals surface area contributed by atoms with Gasteiger partial charge in [0.2, 0.25) is 0 Å². The zero-order valence-corrected chi connectivity index (χ0v) is 18.0. The summed E-state index contributed by atoms with van der Waals surface area (Å²) >= 11 is 0. The Morgan fingerprint density at radius 3 is 2.77 bits per heavy atom. The molecule has 1 aromatic rings. The number of nitrogens with one attached hydrogen (secondary N) is 1. The smallest absolute Gasteiger partial charge is 0.193 e. The second-order valence-electron chi connectivity index (χ2n) is 6.67. The lowest BCUT2D eigenvalue weighted by Gasteiger charge is -2.22. The van der Waals surface area contributed by atoms with Gasteiger partial charge in [-0.1, -0.05) is 6.07 Å². The molecular weight excluding hydrogens is 445 g/mol. The van der Waals surface area contributed by atoms with Crippen LogP contribution < -0.4 is 14.8 Å². The van der Waals surface area contributed by atoms with Gasteiger partial charge in [-0.3, -0.25) is 4.99 Å². The highest BCUT2D eigenvalue weighted by Crippen LogP contribution is 2.30. The van der Waals surface area contributed by atoms with E-state index < -0.39 is 0 Å². The summed E-state index contributed by atoms with van der Waals surface area (Å²) < 4.78 is 17.1. The quantitative estimate of drug-likeness (QED) is 0.285. The average Bonchev–Trinajstić information content (AvgIpc) is 3.46. The lowest BCUT2D eigenvalue weighted by molar-refractivity contribution is 0.115. The Bertz CT molecular complexity index is 593. The molecule has 0 radical (unpaired) electrons. The highest BCUT2D eigenvalue weighted by atomic mass is 127. The molecule has 0 unspecified atom stereocenters. The lowest BCUT2D eigenvalue weighted by Crippen LogP contribution is -2.40. The molecule has 0 spiro atoms. The van der Waals surface area contributed by atoms with E-state index in [0.717, 1.165) is 55.1 Å². The van der Waals surface area contributed by atoms with Gasteiger partial charge < -0.3 is 24.4 Å². The van der Waals surface area contributed by atoms with Crippen molar-refractivity contribution in [3.63, 3.8) is 0 Å². The van der Waals surface area contributed by atoms with E-state index in [1.165, 1.54) is 12.8 Å². The fourth-order valence-corrected chi connectivity index (χ4v) is 2.73. The Hall–Kier alpha value is -1.22. The highest BCUT2D eigenvalue weighted by Gasteiger charge is 2.21. The molecule has 0 saturated heterocycles. The van der Waals surface area contributed by atoms with E-state index >= 15 is 0 Å². The standard InChI is InChI=1S/C19H29N3O3.HI/c1-20-19(22(2)8-11-23-14-15-4-5-15)21-13-16-6-7-17-18(12-16)25-10-3-9-24-17;/h6-7,12,15H,3-5,8-11,13-14H2,1-2H3,(H,20,21);1H. The Labute approximate surface area is 173 Å². The number of halogens is 1. The van der Waals surface area contributed by atoms with Crippen LogP contribution in [-0.2, 0) is 11.3 Å². The molecule has 1 aliphatic heterocycles. The molecule has 146 valence electrons. The molecule has 1 N–H and O–H groups in total. The van der Waals surface area contributed by atoms with Crippen LogP contribution in [0, 0.1) is 5.92 Å². The minimum Gasteiger partial charge on any atom is -0.490 e. The molecule has 3 rings (SSSR count). The monoisotopic (exact) mass is 475 g/mol. The van der Waals surface area contributed by atoms with Gasteiger partial charge in [0.1, 0.15) is 0 Å². The Kier molecular flexibility index (Phi) is 8.77. The second kappa shape index (κ2) is 10.8. The molecule has 1 aliphatic carbocycles. The number of rotatable bonds is 7. The van der Waals surface area contributed by atoms with Gasteiger partial charge in [-0.25, -0.2) is 0 Å². The number of likely N-dealkylation sites (N-methyl/N-ethyl adjacent to an activating group) is 1. The van der Waals surface area contributed by atoms with Crippen molar-refractivity contribution in [1.29, 1.82) is 0 Å². The van der Waals surface area contributed by atoms with Gasteiger partial charge in [0, 0.05) is 40.2 Å². The van der Waals surface area contributed by atoms with Crippen LogP contribution in [-0.4, -0.2) is 57.9 Å². The summed E-state index contributed by atoms with van der Waals surface area (Å²) in [6, 6.07) is 6.09. The van der Waals surface area contributed by atoms with Crippen LogP contribution in [0.1, 0.15) is 24.8 Å². The fraction of sp³-hybridized carbons (Fsp3) is 0.632. The first-order valence-corrected chi connectivity index (χ1v) is 9.14. The van der Waals surface area contributed by atoms with Crippen molar-refractivity contribution in [3.05, 3.63) is 23.8 Å². The molecule has 1 saturated carbocycles. The first-order valence-electron chi connectivity index (χ1n) is 9.14. The average molecular weight is 475 g/mol. The van der Waals surface area contributed by atoms with Crippen LogP contribution in [0.5, 0.6) is 11.5 Å². The molecule has 0 bridgehead atoms. The first-order chi connectivity index (χ1) is 12.3. The number of ether oxygens (including phenoxy) is 3. The van der Waals surface area contributed by atoms with Gasteiger partial charge in [-0.05, 0) is 36.5 Å². The molecule has 0 atom stereocenters. The van der Waals surface area contributed by atoms with Gasteiger partial charge in [0.25, 0.3) is 0 Å². The van der Waals surface area contributed by atoms with E-state index in [-0.39, 0.29) is 24.0 Å². The summed E-state index contributed by atoms with van der Waals surface area (Å²) in [5, 5.41) is 3.39. The van der Waals surface area contributed by atoms with Gasteiger partial charge in [0.15, 0.2) is 17.5 Å². The Morgan fingerprint density at radius 2 is 2.04 bits per heavy atom. The predicted molar refractivity (Wildman–Crippen MR) is 114 cm³/mol. The Morgan fingerprint density at radius 1 is 1.27 bits per heavy atom. The number of fused-ring (bicyclic) bond motifs is 1. The number of hydrogen-bond donors (Lipinski definition) is 1. The van der Waals surface area contributed by atoms with E-state index in [2.05, 4.69) is 21.3 Å². The molecule has 1 aromatic carbocycles. The summed E-state index contributed by atoms with van der Waals surface area (Å²) in [7, 11) is 3.83. The maximum Gasteiger partial charge on any atom is 0.193 e. The SMILES string of the molecule is CN=C(NCc1ccc2c(c1)OCCCO2)N(C)CCOCC1CC1.I. The lowest BCUT2D eigenvalue weighted by atomic mass is 10.2. The van der Waals surface area contributed by atoms with Crippen LogP contribution in [0.4, 0.5) is 0 Å². The van der Waals surface area contributed by atoms with Crippen molar-refractivity contribution in [2.75, 3.05) is 47.1 Å². The third-order valence-corrected chi connectivity index (χ3v) is 4.46. The van der Waals surface area contributed by atoms with E-state index in [1.54, 1.807) is 7.05 Å². The number of aliphatic imine (C=N–C) groups is 1. The van der Waals surface area contributed by atoms with Crippen molar-refractivity contribution in [3.8, 4) is 11.5 Å². The van der Waals surface area contributed by atoms with Crippen LogP contribution in [0.25, 0.3) is 0 Å². The summed E-state index contributed by atoms with van der Waals surface area (Å²) in [6.45, 7) is 4.57. The molecule has 26 heavy (non-hydrogen) atoms. The second-order valence-corrected chi connectivity index (χ2v) is 6.67. The summed E-state index contributed by atoms with van der Waals surface area (Å²) in [5.74, 6) is 3.33. The minimum atomic E-state index is 0. The largest absolute Gasteiger partial charge is 0.490 e. The van der Waals surface area contributed by atoms with Gasteiger partial charge in [-0.15, -0.1) is 24.0 Å². The maximum absolute atomic E-state index is 5.75. The third-order valence-electron chi connectivity index (χ3n) is 4.46. The molecular formula is C19H30IN3O3. The third kappa shape index (κ3) is 6.50. The molecule has 6 nitrogen and oxygen atoms in total. The zero-order valence-electron chi connectivity index (χ0n) is 15.7. The summed E-state index contributed by atoms with van der Waals surface area (Å²) in [5.41, 5.74) is 1.14. The fourth-order valence-electron chi connectivity index (χ4n) is 2.73. The predicted octanol–water partition coefficient (Wildman–Crippen LogP) is 2.90. The summed E-state index contributed by atoms with van der Waals surface area (Å²) in [4.78, 5) is 6.44. The number of nitrogens with zero attached hydrogens (tertiary/aromatic N) is 2. The van der Waals surface area contributed by atoms with Gasteiger partial charge >= 0.3 is 0 Å². The zero-order chi connectivity index (χ0) is 17.5. The molecule has 1 fully saturated rings. The van der Waals surface area contributed by atoms with Crippen LogP contribution in [0.3, 0.4) is 0 Å². The highest BCUT2D eigenvalue weighted by molar-refractivity contribution is 14.0. The minimum absolute atomic E-state index is 0. The van der Waals surface area contributed by atoms with E-state index in [0.29, 0.717) is 19.8 Å². The molecule has 2 aliphatic rings. The van der Waals surface area contributed by atoms with Crippen molar-refractivity contribution < 1.29 is 14.2 Å². The number of guanidine groups is 1. The van der Waals surface area contributed by atoms with Gasteiger partial charge in [-0.2, -0.15) is 0 Å². The van der Waals surface area contributed by atoms with E-state index in [4.69, 9.17) is 14.2 Å². The van der Waals surface area contributed by atoms with Gasteiger partial charge in [0.05, 0.1) is 19.8 Å². The topological polar surface area (TPSA) is 55.3 Å². The normalized spacial score (nSPS) is 16.5. The van der Waals surface area contributed by atoms with Crippen molar-refractivity contribution in [1.82, 2.24) is 10.2 Å². The van der Waals surface area contributed by atoms with Crippen LogP contribution >= 0.6 is 24.0 Å². The van der Waals surface area contributed by atoms with E-state index in [9.17, 15) is 0 Å². The van der Waals surface area contributed by atoms with Crippen molar-refractivity contribution in [2.24, 2.45) is 10.9 Å². The Balaban J connectivity index is 0.00000243. The van der Waals surface area contributed by atoms with E-state index in [1.807, 2.05) is 19.2 Å². The maximum atomic E-state index is 5.75. The number of benzene rings is 1. The first kappa shape index (κ1) is 21.1. The van der Waals surface area contributed by atoms with Crippen LogP contribution in [0.2, 0.25) is 0 Å². The van der Waals surface area contributed by atoms with Crippen molar-refractivity contribution in [2.45, 2.75) is 25.8 Å². The summed E-state index contributed by atoms with van der Waals surface area (Å²) in [6.07, 6.45) is 3.58. The van der Waals surface area contributed by atoms with Crippen molar-refractivity contribution >= 4 is 29.9 Å². The van der Waals surface area contributed by atoms with Crippen LogP contribution in [0.15, 0.2) is 23.2 Å².